The lowest BCUT2D eigenvalue weighted by atomic mass is 9.86. The van der Waals surface area contributed by atoms with Gasteiger partial charge in [-0.05, 0) is 105 Å². The highest BCUT2D eigenvalue weighted by atomic mass is 16.2. The predicted octanol–water partition coefficient (Wildman–Crippen LogP) is 4.53. The van der Waals surface area contributed by atoms with Crippen molar-refractivity contribution in [1.82, 2.24) is 50.0 Å². The van der Waals surface area contributed by atoms with Crippen molar-refractivity contribution in [3.8, 4) is 0 Å². The maximum Gasteiger partial charge on any atom is 0.278 e. The van der Waals surface area contributed by atoms with Crippen LogP contribution in [0.2, 0.25) is 0 Å². The summed E-state index contributed by atoms with van der Waals surface area (Å²) in [5, 5.41) is 17.6. The minimum Gasteiger partial charge on any atom is -0.371 e. The first kappa shape index (κ1) is 41.3. The van der Waals surface area contributed by atoms with E-state index in [1.165, 1.54) is 18.5 Å². The van der Waals surface area contributed by atoms with Crippen LogP contribution in [-0.4, -0.2) is 109 Å². The molecule has 64 heavy (non-hydrogen) atoms. The fourth-order valence-electron chi connectivity index (χ4n) is 9.77. The Labute approximate surface area is 370 Å². The molecule has 17 nitrogen and oxygen atoms in total. The number of anilines is 4. The minimum absolute atomic E-state index is 0.0509. The summed E-state index contributed by atoms with van der Waals surface area (Å²) in [5.41, 5.74) is 5.79. The number of fused-ring (bicyclic) bond motifs is 2. The van der Waals surface area contributed by atoms with Crippen molar-refractivity contribution in [2.24, 2.45) is 5.92 Å². The number of hydrogen-bond donors (Lipinski definition) is 3. The van der Waals surface area contributed by atoms with Gasteiger partial charge < -0.3 is 25.0 Å². The zero-order chi connectivity index (χ0) is 43.6. The fourth-order valence-corrected chi connectivity index (χ4v) is 9.77. The molecular weight excluding hydrogens is 811 g/mol. The molecule has 4 fully saturated rings. The number of hydrogen-bond acceptors (Lipinski definition) is 13. The number of amides is 3. The number of aromatic nitrogens is 7. The normalized spacial score (nSPS) is 20.9. The largest absolute Gasteiger partial charge is 0.371 e. The molecule has 0 unspecified atom stereocenters. The van der Waals surface area contributed by atoms with E-state index in [9.17, 15) is 19.2 Å². The molecule has 6 aromatic rings. The molecule has 0 spiro atoms. The van der Waals surface area contributed by atoms with E-state index in [-0.39, 0.29) is 42.3 Å². The first-order valence-corrected chi connectivity index (χ1v) is 22.6. The van der Waals surface area contributed by atoms with Gasteiger partial charge in [0.25, 0.3) is 11.5 Å². The highest BCUT2D eigenvalue weighted by Crippen LogP contribution is 2.36. The molecule has 3 aromatic carbocycles. The fraction of sp³-hybridized carbons (Fsp3) is 0.426. The van der Waals surface area contributed by atoms with Gasteiger partial charge in [0.05, 0.1) is 18.1 Å². The van der Waals surface area contributed by atoms with Crippen LogP contribution >= 0.6 is 0 Å². The molecule has 3 N–H and O–H groups in total. The number of nitrogens with one attached hydrogen (secondary N) is 3. The molecule has 0 radical (unpaired) electrons. The van der Waals surface area contributed by atoms with Crippen LogP contribution in [0.3, 0.4) is 0 Å². The Bertz CT molecular complexity index is 2700. The van der Waals surface area contributed by atoms with E-state index in [1.54, 1.807) is 6.33 Å². The highest BCUT2D eigenvalue weighted by molar-refractivity contribution is 5.99. The van der Waals surface area contributed by atoms with Gasteiger partial charge in [-0.25, -0.2) is 15.0 Å². The number of nitrogens with zero attached hydrogens (tertiary/aromatic N) is 10. The number of benzene rings is 3. The quantitative estimate of drug-likeness (QED) is 0.138. The van der Waals surface area contributed by atoms with E-state index >= 15 is 0 Å². The smallest absolute Gasteiger partial charge is 0.278 e. The summed E-state index contributed by atoms with van der Waals surface area (Å²) in [7, 11) is 0. The maximum atomic E-state index is 13.4. The molecule has 3 aliphatic heterocycles. The Hall–Kier alpha value is -6.75. The lowest BCUT2D eigenvalue weighted by molar-refractivity contribution is -0.136. The third-order valence-electron chi connectivity index (χ3n) is 13.5. The second-order valence-electron chi connectivity index (χ2n) is 17.7. The SMILES string of the molecule is O=C1CC[C@H](n2nnc3ccc(N4CCC(CCCN5CCN(c6ccc(Nc7ncnc8c7ncn8C7CC(NC(=O)Cc8ccccc8)C7)cc6)CC5)CC4)cc3c2=O)C(=O)N1. The van der Waals surface area contributed by atoms with Crippen LogP contribution in [0, 0.1) is 5.92 Å². The zero-order valence-electron chi connectivity index (χ0n) is 35.8. The van der Waals surface area contributed by atoms with Gasteiger partial charge in [0.1, 0.15) is 17.9 Å². The van der Waals surface area contributed by atoms with Gasteiger partial charge in [-0.3, -0.25) is 29.4 Å². The van der Waals surface area contributed by atoms with Crippen molar-refractivity contribution in [1.29, 1.82) is 0 Å². The molecule has 17 heteroatoms. The van der Waals surface area contributed by atoms with Gasteiger partial charge in [-0.1, -0.05) is 35.5 Å². The van der Waals surface area contributed by atoms with E-state index in [0.29, 0.717) is 29.1 Å². The molecule has 1 atom stereocenters. The maximum absolute atomic E-state index is 13.4. The Morgan fingerprint density at radius 2 is 1.58 bits per heavy atom. The lowest BCUT2D eigenvalue weighted by Gasteiger charge is -2.37. The lowest BCUT2D eigenvalue weighted by Crippen LogP contribution is -2.46. The van der Waals surface area contributed by atoms with Crippen LogP contribution < -0.4 is 31.3 Å². The molecule has 3 aromatic heterocycles. The van der Waals surface area contributed by atoms with Crippen LogP contribution in [0.5, 0.6) is 0 Å². The molecule has 330 valence electrons. The molecule has 3 saturated heterocycles. The summed E-state index contributed by atoms with van der Waals surface area (Å²) in [6, 6.07) is 23.6. The van der Waals surface area contributed by atoms with Crippen molar-refractivity contribution in [3.63, 3.8) is 0 Å². The van der Waals surface area contributed by atoms with Crippen molar-refractivity contribution in [2.45, 2.75) is 75.9 Å². The first-order chi connectivity index (χ1) is 31.3. The second kappa shape index (κ2) is 18.2. The zero-order valence-corrected chi connectivity index (χ0v) is 35.8. The summed E-state index contributed by atoms with van der Waals surface area (Å²) in [5.74, 6) is 0.549. The molecule has 10 rings (SSSR count). The predicted molar refractivity (Wildman–Crippen MR) is 243 cm³/mol. The first-order valence-electron chi connectivity index (χ1n) is 22.6. The molecule has 6 heterocycles. The van der Waals surface area contributed by atoms with E-state index in [0.717, 1.165) is 104 Å². The Morgan fingerprint density at radius 3 is 2.36 bits per heavy atom. The van der Waals surface area contributed by atoms with E-state index in [2.05, 4.69) is 79.8 Å². The van der Waals surface area contributed by atoms with Gasteiger partial charge in [0, 0.05) is 74.8 Å². The van der Waals surface area contributed by atoms with Gasteiger partial charge in [0.15, 0.2) is 17.0 Å². The summed E-state index contributed by atoms with van der Waals surface area (Å²) in [6.07, 6.45) is 10.5. The highest BCUT2D eigenvalue weighted by Gasteiger charge is 2.34. The van der Waals surface area contributed by atoms with Gasteiger partial charge in [0.2, 0.25) is 11.8 Å². The molecular formula is C47H53N13O4. The van der Waals surface area contributed by atoms with E-state index in [1.807, 2.05) is 54.9 Å². The number of imidazole rings is 1. The topological polar surface area (TPSA) is 188 Å². The van der Waals surface area contributed by atoms with Crippen LogP contribution in [0.25, 0.3) is 22.1 Å². The Morgan fingerprint density at radius 1 is 0.812 bits per heavy atom. The van der Waals surface area contributed by atoms with Crippen LogP contribution in [0.1, 0.15) is 69.0 Å². The minimum atomic E-state index is -0.836. The van der Waals surface area contributed by atoms with Crippen molar-refractivity contribution < 1.29 is 14.4 Å². The average Bonchev–Trinajstić information content (AvgIpc) is 3.73. The van der Waals surface area contributed by atoms with Gasteiger partial charge >= 0.3 is 0 Å². The van der Waals surface area contributed by atoms with Gasteiger partial charge in [-0.15, -0.1) is 5.10 Å². The van der Waals surface area contributed by atoms with Crippen molar-refractivity contribution >= 4 is 62.7 Å². The Balaban J connectivity index is 0.652. The molecule has 3 amide bonds. The number of piperidine rings is 2. The number of rotatable bonds is 13. The van der Waals surface area contributed by atoms with Crippen molar-refractivity contribution in [3.05, 3.63) is 101 Å². The van der Waals surface area contributed by atoms with E-state index in [4.69, 9.17) is 4.98 Å². The Kier molecular flexibility index (Phi) is 11.7. The number of piperazine rings is 1. The standard InChI is InChI=1S/C47H53N13O4/c61-41-15-14-40(46(63)53-41)60-47(64)38-28-36(12-13-39(38)54-55-60)57-19-16-31(17-20-57)7-4-18-56-21-23-58(24-22-56)35-10-8-33(9-11-35)52-44-43-45(49-29-48-44)59(30-50-43)37-26-34(27-37)51-42(62)25-32-5-2-1-3-6-32/h1-3,5-6,8-13,28-31,34,37,40H,4,7,14-27H2,(H,51,62)(H,48,49,52)(H,53,61,63)/t34?,37?,40-/m0/s1. The summed E-state index contributed by atoms with van der Waals surface area (Å²) in [6.45, 7) is 7.03. The number of carbonyl (C=O) groups excluding carboxylic acids is 3. The van der Waals surface area contributed by atoms with Crippen molar-refractivity contribution in [2.75, 3.05) is 60.9 Å². The van der Waals surface area contributed by atoms with Crippen LogP contribution in [-0.2, 0) is 20.8 Å². The third-order valence-corrected chi connectivity index (χ3v) is 13.5. The summed E-state index contributed by atoms with van der Waals surface area (Å²) >= 11 is 0. The molecule has 1 aliphatic carbocycles. The molecule has 1 saturated carbocycles. The number of carbonyl (C=O) groups is 3. The molecule has 4 aliphatic rings. The molecule has 0 bridgehead atoms. The number of imide groups is 1. The monoisotopic (exact) mass is 863 g/mol. The average molecular weight is 864 g/mol. The second-order valence-corrected chi connectivity index (χ2v) is 17.7. The summed E-state index contributed by atoms with van der Waals surface area (Å²) in [4.78, 5) is 71.2. The summed E-state index contributed by atoms with van der Waals surface area (Å²) < 4.78 is 3.23. The van der Waals surface area contributed by atoms with Crippen LogP contribution in [0.15, 0.2) is 90.2 Å². The van der Waals surface area contributed by atoms with E-state index < -0.39 is 11.9 Å². The third kappa shape index (κ3) is 8.89. The van der Waals surface area contributed by atoms with Gasteiger partial charge in [-0.2, -0.15) is 4.68 Å². The van der Waals surface area contributed by atoms with Crippen LogP contribution in [0.4, 0.5) is 22.9 Å².